The predicted octanol–water partition coefficient (Wildman–Crippen LogP) is 4.42. The van der Waals surface area contributed by atoms with Gasteiger partial charge in [-0.1, -0.05) is 54.1 Å². The van der Waals surface area contributed by atoms with Gasteiger partial charge in [-0.05, 0) is 23.3 Å². The molecule has 0 radical (unpaired) electrons. The van der Waals surface area contributed by atoms with Crippen molar-refractivity contribution in [3.05, 3.63) is 83.1 Å². The van der Waals surface area contributed by atoms with Crippen molar-refractivity contribution in [2.24, 2.45) is 0 Å². The van der Waals surface area contributed by atoms with Gasteiger partial charge < -0.3 is 10.1 Å². The van der Waals surface area contributed by atoms with Gasteiger partial charge in [0.15, 0.2) is 0 Å². The predicted molar refractivity (Wildman–Crippen MR) is 81.7 cm³/mol. The fourth-order valence-electron chi connectivity index (χ4n) is 2.30. The molecule has 0 bridgehead atoms. The molecule has 0 amide bonds. The second kappa shape index (κ2) is 5.53. The van der Waals surface area contributed by atoms with Gasteiger partial charge in [-0.25, -0.2) is 0 Å². The van der Waals surface area contributed by atoms with E-state index >= 15 is 0 Å². The highest BCUT2D eigenvalue weighted by molar-refractivity contribution is 6.30. The number of rotatable bonds is 3. The lowest BCUT2D eigenvalue weighted by Crippen LogP contribution is -1.99. The summed E-state index contributed by atoms with van der Waals surface area (Å²) in [5.41, 5.74) is 3.75. The van der Waals surface area contributed by atoms with Crippen molar-refractivity contribution < 1.29 is 5.11 Å². The molecular weight excluding hydrogens is 270 g/mol. The zero-order valence-corrected chi connectivity index (χ0v) is 11.5. The summed E-state index contributed by atoms with van der Waals surface area (Å²) in [6.45, 7) is 0. The summed E-state index contributed by atoms with van der Waals surface area (Å²) in [5.74, 6) is 0. The first-order valence-electron chi connectivity index (χ1n) is 6.41. The number of aliphatic hydroxyl groups is 1. The minimum absolute atomic E-state index is 0.645. The summed E-state index contributed by atoms with van der Waals surface area (Å²) in [7, 11) is 0. The van der Waals surface area contributed by atoms with Gasteiger partial charge in [0.25, 0.3) is 0 Å². The van der Waals surface area contributed by atoms with Crippen LogP contribution >= 0.6 is 11.6 Å². The molecule has 2 aromatic carbocycles. The molecule has 3 aromatic rings. The smallest absolute Gasteiger partial charge is 0.106 e. The highest BCUT2D eigenvalue weighted by Gasteiger charge is 2.16. The minimum atomic E-state index is -0.645. The van der Waals surface area contributed by atoms with E-state index in [1.54, 1.807) is 0 Å². The summed E-state index contributed by atoms with van der Waals surface area (Å²) >= 11 is 5.91. The zero-order chi connectivity index (χ0) is 13.9. The molecule has 0 fully saturated rings. The molecule has 20 heavy (non-hydrogen) atoms. The molecule has 0 spiro atoms. The molecule has 0 aliphatic rings. The Morgan fingerprint density at radius 1 is 0.900 bits per heavy atom. The first-order valence-corrected chi connectivity index (χ1v) is 6.79. The summed E-state index contributed by atoms with van der Waals surface area (Å²) in [5, 5.41) is 11.2. The Bertz CT molecular complexity index is 689. The van der Waals surface area contributed by atoms with E-state index in [1.165, 1.54) is 0 Å². The fourth-order valence-corrected chi connectivity index (χ4v) is 2.42. The molecule has 0 aliphatic carbocycles. The number of hydrogen-bond acceptors (Lipinski definition) is 1. The Labute approximate surface area is 122 Å². The molecule has 0 unspecified atom stereocenters. The van der Waals surface area contributed by atoms with E-state index in [0.29, 0.717) is 5.02 Å². The molecule has 0 saturated carbocycles. The summed E-state index contributed by atoms with van der Waals surface area (Å²) in [4.78, 5) is 3.07. The SMILES string of the molecule is O[C@@H](c1ccccc1)c1c[nH]cc1-c1ccc(Cl)cc1. The quantitative estimate of drug-likeness (QED) is 0.733. The molecule has 2 nitrogen and oxygen atoms in total. The molecule has 0 aliphatic heterocycles. The number of H-pyrrole nitrogens is 1. The molecule has 1 atom stereocenters. The topological polar surface area (TPSA) is 36.0 Å². The van der Waals surface area contributed by atoms with Crippen LogP contribution < -0.4 is 0 Å². The van der Waals surface area contributed by atoms with Gasteiger partial charge in [-0.2, -0.15) is 0 Å². The van der Waals surface area contributed by atoms with Gasteiger partial charge in [0.1, 0.15) is 6.10 Å². The highest BCUT2D eigenvalue weighted by atomic mass is 35.5. The second-order valence-corrected chi connectivity index (χ2v) is 5.08. The number of nitrogens with one attached hydrogen (secondary N) is 1. The molecule has 2 N–H and O–H groups in total. The van der Waals surface area contributed by atoms with E-state index in [9.17, 15) is 5.11 Å². The number of hydrogen-bond donors (Lipinski definition) is 2. The van der Waals surface area contributed by atoms with E-state index in [2.05, 4.69) is 4.98 Å². The molecular formula is C17H14ClNO. The van der Waals surface area contributed by atoms with Crippen LogP contribution in [-0.2, 0) is 0 Å². The van der Waals surface area contributed by atoms with Gasteiger partial charge in [0.2, 0.25) is 0 Å². The van der Waals surface area contributed by atoms with Gasteiger partial charge in [0.05, 0.1) is 0 Å². The van der Waals surface area contributed by atoms with Crippen LogP contribution in [0.5, 0.6) is 0 Å². The lowest BCUT2D eigenvalue weighted by Gasteiger charge is -2.12. The standard InChI is InChI=1S/C17H14ClNO/c18-14-8-6-12(7-9-14)15-10-19-11-16(15)17(20)13-4-2-1-3-5-13/h1-11,17,19-20H/t17-/m0/s1. The van der Waals surface area contributed by atoms with Crippen molar-refractivity contribution in [3.8, 4) is 11.1 Å². The summed E-state index contributed by atoms with van der Waals surface area (Å²) in [6, 6.07) is 17.2. The Hall–Kier alpha value is -2.03. The molecule has 1 heterocycles. The first kappa shape index (κ1) is 13.0. The molecule has 100 valence electrons. The zero-order valence-electron chi connectivity index (χ0n) is 10.8. The van der Waals surface area contributed by atoms with Gasteiger partial charge in [0, 0.05) is 28.5 Å². The average molecular weight is 284 g/mol. The average Bonchev–Trinajstić information content (AvgIpc) is 2.97. The number of aromatic amines is 1. The van der Waals surface area contributed by atoms with Crippen LogP contribution in [0.4, 0.5) is 0 Å². The maximum absolute atomic E-state index is 10.5. The molecule has 1 aromatic heterocycles. The fraction of sp³-hybridized carbons (Fsp3) is 0.0588. The lowest BCUT2D eigenvalue weighted by molar-refractivity contribution is 0.221. The van der Waals surface area contributed by atoms with E-state index in [1.807, 2.05) is 67.0 Å². The normalized spacial score (nSPS) is 12.3. The second-order valence-electron chi connectivity index (χ2n) is 4.64. The van der Waals surface area contributed by atoms with Crippen molar-refractivity contribution in [2.45, 2.75) is 6.10 Å². The van der Waals surface area contributed by atoms with Crippen molar-refractivity contribution >= 4 is 11.6 Å². The number of aliphatic hydroxyl groups excluding tert-OH is 1. The van der Waals surface area contributed by atoms with Crippen LogP contribution in [0.15, 0.2) is 67.0 Å². The van der Waals surface area contributed by atoms with Crippen LogP contribution in [-0.4, -0.2) is 10.1 Å². The van der Waals surface area contributed by atoms with Crippen molar-refractivity contribution in [2.75, 3.05) is 0 Å². The Balaban J connectivity index is 2.00. The minimum Gasteiger partial charge on any atom is -0.384 e. The third-order valence-corrected chi connectivity index (χ3v) is 3.59. The van der Waals surface area contributed by atoms with Crippen LogP contribution in [0.25, 0.3) is 11.1 Å². The summed E-state index contributed by atoms with van der Waals surface area (Å²) < 4.78 is 0. The molecule has 3 rings (SSSR count). The van der Waals surface area contributed by atoms with E-state index < -0.39 is 6.10 Å². The molecule has 3 heteroatoms. The number of aromatic nitrogens is 1. The highest BCUT2D eigenvalue weighted by Crippen LogP contribution is 2.32. The van der Waals surface area contributed by atoms with Gasteiger partial charge in [-0.3, -0.25) is 0 Å². The van der Waals surface area contributed by atoms with Crippen LogP contribution in [0, 0.1) is 0 Å². The lowest BCUT2D eigenvalue weighted by atomic mass is 9.97. The Kier molecular flexibility index (Phi) is 3.59. The Morgan fingerprint density at radius 2 is 1.60 bits per heavy atom. The maximum atomic E-state index is 10.5. The third kappa shape index (κ3) is 2.48. The Morgan fingerprint density at radius 3 is 2.30 bits per heavy atom. The maximum Gasteiger partial charge on any atom is 0.106 e. The molecule has 0 saturated heterocycles. The van der Waals surface area contributed by atoms with Crippen molar-refractivity contribution in [3.63, 3.8) is 0 Å². The number of halogens is 1. The monoisotopic (exact) mass is 283 g/mol. The van der Waals surface area contributed by atoms with Crippen molar-refractivity contribution in [1.29, 1.82) is 0 Å². The van der Waals surface area contributed by atoms with Gasteiger partial charge >= 0.3 is 0 Å². The van der Waals surface area contributed by atoms with E-state index in [0.717, 1.165) is 22.3 Å². The van der Waals surface area contributed by atoms with Crippen LogP contribution in [0.3, 0.4) is 0 Å². The summed E-state index contributed by atoms with van der Waals surface area (Å²) in [6.07, 6.45) is 3.08. The van der Waals surface area contributed by atoms with E-state index in [4.69, 9.17) is 11.6 Å². The van der Waals surface area contributed by atoms with Crippen LogP contribution in [0.2, 0.25) is 5.02 Å². The van der Waals surface area contributed by atoms with Crippen LogP contribution in [0.1, 0.15) is 17.2 Å². The number of benzene rings is 2. The first-order chi connectivity index (χ1) is 9.75. The largest absolute Gasteiger partial charge is 0.384 e. The third-order valence-electron chi connectivity index (χ3n) is 3.34. The van der Waals surface area contributed by atoms with Crippen molar-refractivity contribution in [1.82, 2.24) is 4.98 Å². The van der Waals surface area contributed by atoms with Gasteiger partial charge in [-0.15, -0.1) is 0 Å². The van der Waals surface area contributed by atoms with E-state index in [-0.39, 0.29) is 0 Å².